The third-order valence-electron chi connectivity index (χ3n) is 4.72. The van der Waals surface area contributed by atoms with Crippen LogP contribution < -0.4 is 10.6 Å². The maximum absolute atomic E-state index is 13.0. The molecule has 0 fully saturated rings. The van der Waals surface area contributed by atoms with Crippen LogP contribution in [0.25, 0.3) is 0 Å². The smallest absolute Gasteiger partial charge is 0.420 e. The summed E-state index contributed by atoms with van der Waals surface area (Å²) in [5.74, 6) is -2.73. The second-order valence-electron chi connectivity index (χ2n) is 7.79. The van der Waals surface area contributed by atoms with Gasteiger partial charge in [0.05, 0.1) is 18.4 Å². The number of rotatable bonds is 10. The predicted molar refractivity (Wildman–Crippen MR) is 140 cm³/mol. The maximum atomic E-state index is 13.0. The average Bonchev–Trinajstić information content (AvgIpc) is 3.33. The van der Waals surface area contributed by atoms with E-state index in [-0.39, 0.29) is 10.6 Å². The number of hydrogen-bond acceptors (Lipinski definition) is 8. The van der Waals surface area contributed by atoms with Crippen molar-refractivity contribution >= 4 is 35.2 Å². The zero-order valence-electron chi connectivity index (χ0n) is 21.1. The number of amides is 2. The number of aromatic nitrogens is 2. The Morgan fingerprint density at radius 1 is 1.24 bits per heavy atom. The molecule has 0 bridgehead atoms. The summed E-state index contributed by atoms with van der Waals surface area (Å²) < 4.78 is 39.0. The normalized spacial score (nSPS) is 13.0. The molecule has 0 spiro atoms. The third kappa shape index (κ3) is 7.87. The molecule has 0 saturated carbocycles. The van der Waals surface area contributed by atoms with Crippen LogP contribution in [0.1, 0.15) is 54.0 Å². The Labute approximate surface area is 221 Å². The van der Waals surface area contributed by atoms with Crippen molar-refractivity contribution in [1.82, 2.24) is 20.2 Å². The minimum absolute atomic E-state index is 0.0729. The topological polar surface area (TPSA) is 120 Å². The van der Waals surface area contributed by atoms with Gasteiger partial charge in [-0.05, 0) is 39.8 Å². The minimum Gasteiger partial charge on any atom is -0.506 e. The van der Waals surface area contributed by atoms with Crippen LogP contribution in [0.5, 0.6) is 5.75 Å². The SMILES string of the molecule is C=C(C)N(/C=C\C)C(=C)/C=C(\N=C/C)C(=O)NC(C)c1ncc(C(=O)Nc2cc(C(F)(F)F)c(O)cn2)s1. The van der Waals surface area contributed by atoms with E-state index >= 15 is 0 Å². The number of carbonyl (C=O) groups excluding carboxylic acids is 2. The van der Waals surface area contributed by atoms with E-state index in [1.165, 1.54) is 18.5 Å². The molecule has 2 aromatic rings. The van der Waals surface area contributed by atoms with Gasteiger partial charge in [0.25, 0.3) is 11.8 Å². The van der Waals surface area contributed by atoms with Crippen LogP contribution >= 0.6 is 11.3 Å². The molecule has 2 amide bonds. The molecule has 202 valence electrons. The van der Waals surface area contributed by atoms with E-state index < -0.39 is 41.2 Å². The first kappa shape index (κ1) is 30.0. The number of nitrogens with one attached hydrogen (secondary N) is 2. The number of nitrogens with zero attached hydrogens (tertiary/aromatic N) is 4. The van der Waals surface area contributed by atoms with Crippen LogP contribution in [-0.2, 0) is 11.0 Å². The number of carbonyl (C=O) groups is 2. The number of thiazole rings is 1. The lowest BCUT2D eigenvalue weighted by Gasteiger charge is -2.21. The van der Waals surface area contributed by atoms with Gasteiger partial charge in [0, 0.05) is 23.8 Å². The Morgan fingerprint density at radius 3 is 2.50 bits per heavy atom. The highest BCUT2D eigenvalue weighted by Crippen LogP contribution is 2.36. The molecule has 0 aliphatic rings. The predicted octanol–water partition coefficient (Wildman–Crippen LogP) is 5.55. The molecule has 2 rings (SSSR count). The summed E-state index contributed by atoms with van der Waals surface area (Å²) in [5, 5.41) is 14.8. The largest absolute Gasteiger partial charge is 0.506 e. The first-order chi connectivity index (χ1) is 17.8. The van der Waals surface area contributed by atoms with E-state index in [1.54, 1.807) is 37.9 Å². The van der Waals surface area contributed by atoms with E-state index in [4.69, 9.17) is 0 Å². The fourth-order valence-electron chi connectivity index (χ4n) is 2.99. The molecule has 3 N–H and O–H groups in total. The highest BCUT2D eigenvalue weighted by Gasteiger charge is 2.34. The van der Waals surface area contributed by atoms with Crippen molar-refractivity contribution in [2.45, 2.75) is 39.9 Å². The number of hydrogen-bond donors (Lipinski definition) is 3. The molecule has 0 radical (unpaired) electrons. The summed E-state index contributed by atoms with van der Waals surface area (Å²) in [4.78, 5) is 39.1. The van der Waals surface area contributed by atoms with Crippen LogP contribution in [-0.4, -0.2) is 38.0 Å². The van der Waals surface area contributed by atoms with Crippen LogP contribution in [0.15, 0.2) is 72.1 Å². The van der Waals surface area contributed by atoms with Gasteiger partial charge in [-0.3, -0.25) is 14.6 Å². The number of pyridine rings is 1. The molecular formula is C25H27F3N6O3S. The zero-order chi connectivity index (χ0) is 28.6. The fraction of sp³-hybridized carbons (Fsp3) is 0.240. The van der Waals surface area contributed by atoms with Gasteiger partial charge in [-0.2, -0.15) is 13.2 Å². The molecule has 1 unspecified atom stereocenters. The van der Waals surface area contributed by atoms with Crippen molar-refractivity contribution in [2.24, 2.45) is 4.99 Å². The number of alkyl halides is 3. The molecule has 1 atom stereocenters. The molecule has 0 aromatic carbocycles. The fourth-order valence-corrected chi connectivity index (χ4v) is 3.81. The lowest BCUT2D eigenvalue weighted by atomic mass is 10.2. The van der Waals surface area contributed by atoms with Crippen LogP contribution in [0.2, 0.25) is 0 Å². The second kappa shape index (κ2) is 12.8. The molecule has 0 saturated heterocycles. The van der Waals surface area contributed by atoms with Crippen molar-refractivity contribution in [3.05, 3.63) is 82.5 Å². The summed E-state index contributed by atoms with van der Waals surface area (Å²) in [5.41, 5.74) is -0.108. The average molecular weight is 549 g/mol. The van der Waals surface area contributed by atoms with Crippen molar-refractivity contribution in [3.8, 4) is 5.75 Å². The van der Waals surface area contributed by atoms with Gasteiger partial charge in [-0.1, -0.05) is 19.2 Å². The monoisotopic (exact) mass is 548 g/mol. The van der Waals surface area contributed by atoms with E-state index in [9.17, 15) is 27.9 Å². The van der Waals surface area contributed by atoms with Crippen LogP contribution in [0.3, 0.4) is 0 Å². The minimum atomic E-state index is -4.82. The van der Waals surface area contributed by atoms with Gasteiger partial charge < -0.3 is 20.6 Å². The number of allylic oxidation sites excluding steroid dienone is 3. The van der Waals surface area contributed by atoms with Gasteiger partial charge in [0.2, 0.25) is 0 Å². The van der Waals surface area contributed by atoms with Crippen molar-refractivity contribution in [3.63, 3.8) is 0 Å². The third-order valence-corrected chi connectivity index (χ3v) is 5.90. The van der Waals surface area contributed by atoms with E-state index in [1.807, 2.05) is 6.92 Å². The molecule has 2 aromatic heterocycles. The van der Waals surface area contributed by atoms with E-state index in [0.717, 1.165) is 11.3 Å². The summed E-state index contributed by atoms with van der Waals surface area (Å²) >= 11 is 0.936. The van der Waals surface area contributed by atoms with E-state index in [0.29, 0.717) is 28.7 Å². The second-order valence-corrected chi connectivity index (χ2v) is 8.85. The molecule has 13 heteroatoms. The van der Waals surface area contributed by atoms with Gasteiger partial charge in [0.1, 0.15) is 32.7 Å². The summed E-state index contributed by atoms with van der Waals surface area (Å²) in [6, 6.07) is -0.103. The lowest BCUT2D eigenvalue weighted by molar-refractivity contribution is -0.138. The molecular weight excluding hydrogens is 521 g/mol. The van der Waals surface area contributed by atoms with Crippen molar-refractivity contribution < 1.29 is 27.9 Å². The van der Waals surface area contributed by atoms with Gasteiger partial charge in [0.15, 0.2) is 0 Å². The van der Waals surface area contributed by atoms with Crippen LogP contribution in [0.4, 0.5) is 19.0 Å². The Balaban J connectivity index is 2.16. The Morgan fingerprint density at radius 2 is 1.92 bits per heavy atom. The highest BCUT2D eigenvalue weighted by molar-refractivity contribution is 7.13. The number of anilines is 1. The zero-order valence-corrected chi connectivity index (χ0v) is 21.9. The quantitative estimate of drug-likeness (QED) is 0.203. The first-order valence-corrected chi connectivity index (χ1v) is 11.9. The molecule has 38 heavy (non-hydrogen) atoms. The Bertz CT molecular complexity index is 1310. The number of aromatic hydroxyl groups is 1. The Hall–Kier alpha value is -4.26. The van der Waals surface area contributed by atoms with Gasteiger partial charge in [-0.25, -0.2) is 9.97 Å². The number of halogens is 3. The first-order valence-electron chi connectivity index (χ1n) is 11.1. The summed E-state index contributed by atoms with van der Waals surface area (Å²) in [7, 11) is 0. The lowest BCUT2D eigenvalue weighted by Crippen LogP contribution is -2.28. The van der Waals surface area contributed by atoms with E-state index in [2.05, 4.69) is 38.8 Å². The highest BCUT2D eigenvalue weighted by atomic mass is 32.1. The van der Waals surface area contributed by atoms with Crippen molar-refractivity contribution in [2.75, 3.05) is 5.32 Å². The molecule has 9 nitrogen and oxygen atoms in total. The van der Waals surface area contributed by atoms with Crippen molar-refractivity contribution in [1.29, 1.82) is 0 Å². The van der Waals surface area contributed by atoms with Crippen LogP contribution in [0, 0.1) is 0 Å². The van der Waals surface area contributed by atoms with Gasteiger partial charge in [-0.15, -0.1) is 11.3 Å². The maximum Gasteiger partial charge on any atom is 0.420 e. The van der Waals surface area contributed by atoms with Gasteiger partial charge >= 0.3 is 6.18 Å². The molecule has 0 aliphatic heterocycles. The number of aliphatic imine (C=N–C) groups is 1. The summed E-state index contributed by atoms with van der Waals surface area (Å²) in [6.45, 7) is 14.8. The molecule has 2 heterocycles. The standard InChI is InChI=1S/C25H27F3N6O3S/c1-7-9-34(14(3)4)15(5)10-18(29-8-2)22(36)32-16(6)24-31-13-20(38-24)23(37)33-21-11-17(25(26,27)28)19(35)12-30-21/h7-13,16,35H,3,5H2,1-2,4,6H3,(H,32,36)(H,30,33,37)/b9-7-,18-10-,29-8-. The molecule has 0 aliphatic carbocycles. The summed E-state index contributed by atoms with van der Waals surface area (Å²) in [6.07, 6.45) is 3.49. The Kier molecular flexibility index (Phi) is 10.1.